The van der Waals surface area contributed by atoms with Gasteiger partial charge < -0.3 is 37.8 Å². The van der Waals surface area contributed by atoms with Gasteiger partial charge in [-0.1, -0.05) is 20.3 Å². The van der Waals surface area contributed by atoms with E-state index < -0.39 is 47.9 Å². The largest absolute Gasteiger partial charge is 0.480 e. The van der Waals surface area contributed by atoms with Gasteiger partial charge >= 0.3 is 5.97 Å². The topological polar surface area (TPSA) is 206 Å². The van der Waals surface area contributed by atoms with Crippen LogP contribution in [0.25, 0.3) is 0 Å². The van der Waals surface area contributed by atoms with E-state index in [2.05, 4.69) is 15.6 Å². The van der Waals surface area contributed by atoms with Crippen LogP contribution >= 0.6 is 0 Å². The molecule has 0 spiro atoms. The highest BCUT2D eigenvalue weighted by molar-refractivity contribution is 5.94. The van der Waals surface area contributed by atoms with Gasteiger partial charge in [-0.2, -0.15) is 0 Å². The van der Waals surface area contributed by atoms with Crippen LogP contribution in [-0.2, 0) is 19.2 Å². The van der Waals surface area contributed by atoms with Crippen LogP contribution in [0.15, 0.2) is 4.99 Å². The molecule has 0 aliphatic carbocycles. The molecule has 32 heavy (non-hydrogen) atoms. The Kier molecular flexibility index (Phi) is 10.9. The second kappa shape index (κ2) is 12.8. The molecule has 0 saturated carbocycles. The molecule has 3 amide bonds. The zero-order valence-electron chi connectivity index (χ0n) is 19.0. The van der Waals surface area contributed by atoms with Crippen molar-refractivity contribution in [3.63, 3.8) is 0 Å². The number of hydrogen-bond donors (Lipinski definition) is 6. The van der Waals surface area contributed by atoms with E-state index in [1.165, 1.54) is 11.8 Å². The van der Waals surface area contributed by atoms with Gasteiger partial charge in [0.15, 0.2) is 5.96 Å². The van der Waals surface area contributed by atoms with Crippen molar-refractivity contribution in [2.75, 3.05) is 13.1 Å². The fraction of sp³-hybridized carbons (Fsp3) is 0.750. The van der Waals surface area contributed by atoms with Gasteiger partial charge in [-0.15, -0.1) is 0 Å². The first kappa shape index (κ1) is 27.1. The summed E-state index contributed by atoms with van der Waals surface area (Å²) in [6.07, 6.45) is 2.41. The Morgan fingerprint density at radius 1 is 1.16 bits per heavy atom. The predicted octanol–water partition coefficient (Wildman–Crippen LogP) is -1.52. The number of likely N-dealkylation sites (tertiary alicyclic amines) is 1. The Hall–Kier alpha value is -2.89. The zero-order chi connectivity index (χ0) is 24.4. The van der Waals surface area contributed by atoms with Gasteiger partial charge in [-0.3, -0.25) is 19.4 Å². The van der Waals surface area contributed by atoms with E-state index in [1.54, 1.807) is 0 Å². The molecule has 1 aliphatic rings. The van der Waals surface area contributed by atoms with E-state index >= 15 is 0 Å². The molecule has 12 heteroatoms. The van der Waals surface area contributed by atoms with Crippen molar-refractivity contribution in [3.8, 4) is 0 Å². The fourth-order valence-corrected chi connectivity index (χ4v) is 3.51. The highest BCUT2D eigenvalue weighted by Gasteiger charge is 2.37. The number of nitrogens with one attached hydrogen (secondary N) is 2. The number of hydrogen-bond acceptors (Lipinski definition) is 6. The van der Waals surface area contributed by atoms with Crippen molar-refractivity contribution in [1.29, 1.82) is 0 Å². The first-order chi connectivity index (χ1) is 15.0. The van der Waals surface area contributed by atoms with E-state index in [0.29, 0.717) is 45.2 Å². The van der Waals surface area contributed by atoms with Gasteiger partial charge in [0, 0.05) is 13.1 Å². The van der Waals surface area contributed by atoms with Gasteiger partial charge in [0.1, 0.15) is 18.1 Å². The third kappa shape index (κ3) is 7.98. The van der Waals surface area contributed by atoms with Crippen molar-refractivity contribution in [2.45, 2.75) is 77.0 Å². The molecule has 5 unspecified atom stereocenters. The number of aliphatic carboxylic acids is 1. The van der Waals surface area contributed by atoms with Crippen LogP contribution in [0, 0.1) is 5.92 Å². The highest BCUT2D eigenvalue weighted by Crippen LogP contribution is 2.18. The van der Waals surface area contributed by atoms with E-state index in [1.807, 2.05) is 13.8 Å². The van der Waals surface area contributed by atoms with E-state index in [0.717, 1.165) is 0 Å². The number of nitrogens with two attached hydrogens (primary N) is 3. The van der Waals surface area contributed by atoms with Crippen LogP contribution < -0.4 is 27.8 Å². The SMILES string of the molecule is CCC(C)C(NC(=O)C(N)CCCN=C(N)N)C(=O)NC(C)C(=O)N1CCCC1C(=O)O. The Labute approximate surface area is 188 Å². The summed E-state index contributed by atoms with van der Waals surface area (Å²) in [7, 11) is 0. The van der Waals surface area contributed by atoms with Gasteiger partial charge in [0.25, 0.3) is 0 Å². The quantitative estimate of drug-likeness (QED) is 0.115. The monoisotopic (exact) mass is 455 g/mol. The summed E-state index contributed by atoms with van der Waals surface area (Å²) in [5, 5.41) is 14.6. The zero-order valence-corrected chi connectivity index (χ0v) is 19.0. The summed E-state index contributed by atoms with van der Waals surface area (Å²) in [5.74, 6) is -2.79. The lowest BCUT2D eigenvalue weighted by atomic mass is 9.97. The minimum atomic E-state index is -1.06. The number of amides is 3. The van der Waals surface area contributed by atoms with Crippen molar-refractivity contribution in [1.82, 2.24) is 15.5 Å². The number of carbonyl (C=O) groups is 4. The average molecular weight is 456 g/mol. The highest BCUT2D eigenvalue weighted by atomic mass is 16.4. The Morgan fingerprint density at radius 2 is 1.81 bits per heavy atom. The minimum Gasteiger partial charge on any atom is -0.480 e. The number of aliphatic imine (C=N–C) groups is 1. The molecular weight excluding hydrogens is 418 g/mol. The van der Waals surface area contributed by atoms with Crippen molar-refractivity contribution in [2.24, 2.45) is 28.1 Å². The van der Waals surface area contributed by atoms with Gasteiger partial charge in [-0.25, -0.2) is 4.79 Å². The van der Waals surface area contributed by atoms with Gasteiger partial charge in [0.05, 0.1) is 6.04 Å². The minimum absolute atomic E-state index is 0.0381. The molecule has 1 rings (SSSR count). The van der Waals surface area contributed by atoms with Crippen LogP contribution in [0.3, 0.4) is 0 Å². The molecule has 0 radical (unpaired) electrons. The molecule has 5 atom stereocenters. The van der Waals surface area contributed by atoms with Crippen LogP contribution in [-0.4, -0.2) is 76.9 Å². The Bertz CT molecular complexity index is 710. The number of carbonyl (C=O) groups excluding carboxylic acids is 3. The molecule has 9 N–H and O–H groups in total. The molecule has 1 aliphatic heterocycles. The average Bonchev–Trinajstić information content (AvgIpc) is 3.23. The number of guanidine groups is 1. The standard InChI is InChI=1S/C20H37N7O5/c1-4-11(2)15(26-16(28)13(21)7-5-9-24-20(22)23)17(29)25-12(3)18(30)27-10-6-8-14(27)19(31)32/h11-15H,4-10,21H2,1-3H3,(H,25,29)(H,26,28)(H,31,32)(H4,22,23,24). The van der Waals surface area contributed by atoms with Gasteiger partial charge in [0.2, 0.25) is 17.7 Å². The van der Waals surface area contributed by atoms with Crippen LogP contribution in [0.5, 0.6) is 0 Å². The van der Waals surface area contributed by atoms with Crippen molar-refractivity contribution >= 4 is 29.7 Å². The Balaban J connectivity index is 2.73. The molecule has 0 aromatic heterocycles. The molecule has 1 heterocycles. The predicted molar refractivity (Wildman–Crippen MR) is 119 cm³/mol. The van der Waals surface area contributed by atoms with Crippen LogP contribution in [0.4, 0.5) is 0 Å². The van der Waals surface area contributed by atoms with Gasteiger partial charge in [-0.05, 0) is 38.5 Å². The molecule has 0 bridgehead atoms. The second-order valence-electron chi connectivity index (χ2n) is 8.19. The molecule has 1 saturated heterocycles. The number of carboxylic acid groups (broad SMARTS) is 1. The normalized spacial score (nSPS) is 19.4. The summed E-state index contributed by atoms with van der Waals surface area (Å²) in [6.45, 7) is 5.86. The van der Waals surface area contributed by atoms with E-state index in [4.69, 9.17) is 17.2 Å². The van der Waals surface area contributed by atoms with Crippen molar-refractivity contribution in [3.05, 3.63) is 0 Å². The first-order valence-electron chi connectivity index (χ1n) is 10.9. The maximum absolute atomic E-state index is 12.9. The fourth-order valence-electron chi connectivity index (χ4n) is 3.51. The molecule has 1 fully saturated rings. The maximum atomic E-state index is 12.9. The maximum Gasteiger partial charge on any atom is 0.326 e. The lowest BCUT2D eigenvalue weighted by Gasteiger charge is -2.29. The summed E-state index contributed by atoms with van der Waals surface area (Å²) in [4.78, 5) is 54.5. The smallest absolute Gasteiger partial charge is 0.326 e. The Morgan fingerprint density at radius 3 is 2.38 bits per heavy atom. The third-order valence-corrected chi connectivity index (χ3v) is 5.65. The van der Waals surface area contributed by atoms with E-state index in [9.17, 15) is 24.3 Å². The molecule has 0 aromatic rings. The van der Waals surface area contributed by atoms with Crippen LogP contribution in [0.1, 0.15) is 52.9 Å². The summed E-state index contributed by atoms with van der Waals surface area (Å²) in [5.41, 5.74) is 16.4. The van der Waals surface area contributed by atoms with Crippen molar-refractivity contribution < 1.29 is 24.3 Å². The molecular formula is C20H37N7O5. The van der Waals surface area contributed by atoms with E-state index in [-0.39, 0.29) is 11.9 Å². The molecule has 0 aromatic carbocycles. The van der Waals surface area contributed by atoms with Crippen LogP contribution in [0.2, 0.25) is 0 Å². The third-order valence-electron chi connectivity index (χ3n) is 5.65. The number of rotatable bonds is 12. The summed E-state index contributed by atoms with van der Waals surface area (Å²) in [6, 6.07) is -3.55. The second-order valence-corrected chi connectivity index (χ2v) is 8.19. The lowest BCUT2D eigenvalue weighted by Crippen LogP contribution is -2.58. The lowest BCUT2D eigenvalue weighted by molar-refractivity contribution is -0.149. The molecule has 182 valence electrons. The first-order valence-corrected chi connectivity index (χ1v) is 10.9. The summed E-state index contributed by atoms with van der Waals surface area (Å²) >= 11 is 0. The molecule has 12 nitrogen and oxygen atoms in total. The number of nitrogens with zero attached hydrogens (tertiary/aromatic N) is 2. The number of carboxylic acids is 1. The summed E-state index contributed by atoms with van der Waals surface area (Å²) < 4.78 is 0.